The molecule has 112 valence electrons. The lowest BCUT2D eigenvalue weighted by molar-refractivity contribution is 0.147. The fourth-order valence-corrected chi connectivity index (χ4v) is 3.35. The van der Waals surface area contributed by atoms with Crippen molar-refractivity contribution >= 4 is 6.09 Å². The molecule has 1 saturated carbocycles. The molecule has 1 heterocycles. The van der Waals surface area contributed by atoms with Gasteiger partial charge in [0.25, 0.3) is 0 Å². The van der Waals surface area contributed by atoms with Gasteiger partial charge in [0, 0.05) is 26.6 Å². The lowest BCUT2D eigenvalue weighted by Crippen LogP contribution is -2.52. The van der Waals surface area contributed by atoms with Gasteiger partial charge in [0.2, 0.25) is 0 Å². The Morgan fingerprint density at radius 3 is 2.68 bits per heavy atom. The first kappa shape index (κ1) is 14.6. The van der Waals surface area contributed by atoms with Crippen LogP contribution in [0.15, 0.2) is 0 Å². The Morgan fingerprint density at radius 2 is 1.95 bits per heavy atom. The predicted molar refractivity (Wildman–Crippen MR) is 77.4 cm³/mol. The number of ether oxygens (including phenoxy) is 1. The standard InChI is InChI=1S/C14H27N3O2.H2/c1-19-14(18)16-9-8-15-12-6-2-3-7-13(12)17-10-4-5-11-17;/h12-13,15H,2-11H2,1H3,(H,16,18);1H/t12-,13-;/m0./s1. The molecular formula is C14H29N3O2. The second kappa shape index (κ2) is 7.70. The van der Waals surface area contributed by atoms with Crippen molar-refractivity contribution in [3.05, 3.63) is 0 Å². The van der Waals surface area contributed by atoms with Crippen molar-refractivity contribution in [2.75, 3.05) is 33.3 Å². The van der Waals surface area contributed by atoms with Crippen LogP contribution >= 0.6 is 0 Å². The molecule has 5 nitrogen and oxygen atoms in total. The van der Waals surface area contributed by atoms with Gasteiger partial charge in [-0.1, -0.05) is 12.8 Å². The van der Waals surface area contributed by atoms with Gasteiger partial charge in [-0.15, -0.1) is 0 Å². The van der Waals surface area contributed by atoms with Gasteiger partial charge in [-0.3, -0.25) is 4.90 Å². The molecular weight excluding hydrogens is 242 g/mol. The summed E-state index contributed by atoms with van der Waals surface area (Å²) < 4.78 is 4.56. The van der Waals surface area contributed by atoms with Crippen LogP contribution in [0, 0.1) is 0 Å². The molecule has 2 N–H and O–H groups in total. The number of nitrogens with zero attached hydrogens (tertiary/aromatic N) is 1. The molecule has 1 saturated heterocycles. The second-order valence-electron chi connectivity index (χ2n) is 5.57. The van der Waals surface area contributed by atoms with E-state index in [-0.39, 0.29) is 7.52 Å². The fourth-order valence-electron chi connectivity index (χ4n) is 3.35. The first-order valence-electron chi connectivity index (χ1n) is 7.60. The van der Waals surface area contributed by atoms with Gasteiger partial charge in [0.15, 0.2) is 0 Å². The van der Waals surface area contributed by atoms with E-state index < -0.39 is 0 Å². The summed E-state index contributed by atoms with van der Waals surface area (Å²) in [6, 6.07) is 1.29. The zero-order chi connectivity index (χ0) is 13.5. The third-order valence-electron chi connectivity index (χ3n) is 4.33. The highest BCUT2D eigenvalue weighted by Crippen LogP contribution is 2.26. The number of methoxy groups -OCH3 is 1. The summed E-state index contributed by atoms with van der Waals surface area (Å²) in [7, 11) is 1.40. The topological polar surface area (TPSA) is 53.6 Å². The Labute approximate surface area is 117 Å². The Morgan fingerprint density at radius 1 is 1.21 bits per heavy atom. The highest BCUT2D eigenvalue weighted by atomic mass is 16.5. The van der Waals surface area contributed by atoms with Gasteiger partial charge in [-0.2, -0.15) is 0 Å². The first-order chi connectivity index (χ1) is 9.31. The number of amides is 1. The van der Waals surface area contributed by atoms with E-state index in [9.17, 15) is 4.79 Å². The van der Waals surface area contributed by atoms with Gasteiger partial charge in [0.1, 0.15) is 0 Å². The smallest absolute Gasteiger partial charge is 0.406 e. The maximum Gasteiger partial charge on any atom is 0.406 e. The third-order valence-corrected chi connectivity index (χ3v) is 4.33. The number of hydrogen-bond donors (Lipinski definition) is 2. The SMILES string of the molecule is COC(=O)NCCN[C@H]1CCCC[C@@H]1N1CCCC1.[HH]. The highest BCUT2D eigenvalue weighted by molar-refractivity contribution is 5.66. The van der Waals surface area contributed by atoms with Crippen molar-refractivity contribution in [1.29, 1.82) is 0 Å². The van der Waals surface area contributed by atoms with Crippen molar-refractivity contribution in [2.45, 2.75) is 50.6 Å². The van der Waals surface area contributed by atoms with E-state index in [1.165, 1.54) is 58.7 Å². The lowest BCUT2D eigenvalue weighted by atomic mass is 9.89. The van der Waals surface area contributed by atoms with Crippen molar-refractivity contribution in [3.63, 3.8) is 0 Å². The number of carbonyl (C=O) groups excluding carboxylic acids is 1. The monoisotopic (exact) mass is 271 g/mol. The molecule has 0 radical (unpaired) electrons. The van der Waals surface area contributed by atoms with Crippen LogP contribution in [0.3, 0.4) is 0 Å². The van der Waals surface area contributed by atoms with Gasteiger partial charge >= 0.3 is 6.09 Å². The molecule has 0 unspecified atom stereocenters. The van der Waals surface area contributed by atoms with Crippen molar-refractivity contribution in [3.8, 4) is 0 Å². The molecule has 0 spiro atoms. The summed E-state index contributed by atoms with van der Waals surface area (Å²) in [5.41, 5.74) is 0. The Balaban J connectivity index is 0.00000200. The number of nitrogens with one attached hydrogen (secondary N) is 2. The molecule has 19 heavy (non-hydrogen) atoms. The van der Waals surface area contributed by atoms with Crippen LogP contribution in [-0.4, -0.2) is 56.4 Å². The Kier molecular flexibility index (Phi) is 5.92. The maximum absolute atomic E-state index is 11.0. The number of likely N-dealkylation sites (tertiary alicyclic amines) is 1. The molecule has 2 atom stereocenters. The van der Waals surface area contributed by atoms with Crippen molar-refractivity contribution in [2.24, 2.45) is 0 Å². The summed E-state index contributed by atoms with van der Waals surface area (Å²) in [6.45, 7) is 3.99. The molecule has 0 aromatic rings. The summed E-state index contributed by atoms with van der Waals surface area (Å²) in [5, 5.41) is 6.34. The van der Waals surface area contributed by atoms with Crippen LogP contribution < -0.4 is 10.6 Å². The minimum absolute atomic E-state index is 0. The van der Waals surface area contributed by atoms with E-state index in [0.717, 1.165) is 6.54 Å². The molecule has 0 aromatic carbocycles. The molecule has 1 aliphatic carbocycles. The zero-order valence-electron chi connectivity index (χ0n) is 12.0. The first-order valence-corrected chi connectivity index (χ1v) is 7.60. The second-order valence-corrected chi connectivity index (χ2v) is 5.57. The zero-order valence-corrected chi connectivity index (χ0v) is 12.0. The Bertz CT molecular complexity index is 286. The van der Waals surface area contributed by atoms with Crippen LogP contribution in [-0.2, 0) is 4.74 Å². The van der Waals surface area contributed by atoms with Crippen LogP contribution in [0.1, 0.15) is 40.0 Å². The van der Waals surface area contributed by atoms with Crippen LogP contribution in [0.4, 0.5) is 4.79 Å². The van der Waals surface area contributed by atoms with E-state index in [1.54, 1.807) is 0 Å². The minimum Gasteiger partial charge on any atom is -0.453 e. The molecule has 0 aromatic heterocycles. The maximum atomic E-state index is 11.0. The van der Waals surface area contributed by atoms with Crippen LogP contribution in [0.2, 0.25) is 0 Å². The van der Waals surface area contributed by atoms with Crippen molar-refractivity contribution < 1.29 is 11.0 Å². The Hall–Kier alpha value is -0.810. The number of alkyl carbamates (subject to hydrolysis) is 1. The molecule has 2 fully saturated rings. The van der Waals surface area contributed by atoms with Crippen LogP contribution in [0.5, 0.6) is 0 Å². The summed E-state index contributed by atoms with van der Waals surface area (Å²) in [4.78, 5) is 13.6. The lowest BCUT2D eigenvalue weighted by Gasteiger charge is -2.38. The van der Waals surface area contributed by atoms with Gasteiger partial charge in [-0.25, -0.2) is 4.79 Å². The average Bonchev–Trinajstić information content (AvgIpc) is 2.97. The van der Waals surface area contributed by atoms with E-state index in [2.05, 4.69) is 20.3 Å². The predicted octanol–water partition coefficient (Wildman–Crippen LogP) is 1.58. The molecule has 0 bridgehead atoms. The van der Waals surface area contributed by atoms with E-state index in [4.69, 9.17) is 0 Å². The fraction of sp³-hybridized carbons (Fsp3) is 0.929. The van der Waals surface area contributed by atoms with Crippen molar-refractivity contribution in [1.82, 2.24) is 15.5 Å². The van der Waals surface area contributed by atoms with E-state index >= 15 is 0 Å². The number of rotatable bonds is 5. The largest absolute Gasteiger partial charge is 0.453 e. The van der Waals surface area contributed by atoms with E-state index in [0.29, 0.717) is 18.6 Å². The molecule has 2 rings (SSSR count). The third kappa shape index (κ3) is 4.35. The van der Waals surface area contributed by atoms with Gasteiger partial charge < -0.3 is 15.4 Å². The van der Waals surface area contributed by atoms with Gasteiger partial charge in [-0.05, 0) is 38.8 Å². The van der Waals surface area contributed by atoms with Gasteiger partial charge in [0.05, 0.1) is 7.11 Å². The summed E-state index contributed by atoms with van der Waals surface area (Å²) in [6.07, 6.45) is 7.63. The average molecular weight is 271 g/mol. The molecule has 2 aliphatic rings. The quantitative estimate of drug-likeness (QED) is 0.746. The molecule has 1 amide bonds. The van der Waals surface area contributed by atoms with Crippen LogP contribution in [0.25, 0.3) is 0 Å². The number of carbonyl (C=O) groups is 1. The highest BCUT2D eigenvalue weighted by Gasteiger charge is 2.30. The summed E-state index contributed by atoms with van der Waals surface area (Å²) in [5.74, 6) is 0. The molecule has 1 aliphatic heterocycles. The summed E-state index contributed by atoms with van der Waals surface area (Å²) >= 11 is 0. The normalized spacial score (nSPS) is 28.3. The molecule has 5 heteroatoms. The minimum atomic E-state index is -0.346. The van der Waals surface area contributed by atoms with E-state index in [1.807, 2.05) is 0 Å². The number of hydrogen-bond acceptors (Lipinski definition) is 4.